The molecule has 1 atom stereocenters. The molecule has 0 amide bonds. The number of hydrogen-bond acceptors (Lipinski definition) is 5. The van der Waals surface area contributed by atoms with Crippen LogP contribution in [0, 0.1) is 0 Å². The summed E-state index contributed by atoms with van der Waals surface area (Å²) in [4.78, 5) is 0. The van der Waals surface area contributed by atoms with Gasteiger partial charge in [-0.15, -0.1) is 0 Å². The maximum absolute atomic E-state index is 12.0. The minimum atomic E-state index is -3.49. The highest BCUT2D eigenvalue weighted by Gasteiger charge is 2.18. The first-order valence-corrected chi connectivity index (χ1v) is 7.56. The first-order chi connectivity index (χ1) is 8.96. The molecule has 19 heavy (non-hydrogen) atoms. The molecule has 0 aliphatic carbocycles. The Morgan fingerprint density at radius 2 is 2.21 bits per heavy atom. The van der Waals surface area contributed by atoms with Crippen LogP contribution in [0.5, 0.6) is 0 Å². The molecule has 0 saturated heterocycles. The number of aliphatic hydroxyl groups is 1. The van der Waals surface area contributed by atoms with Crippen LogP contribution in [-0.4, -0.2) is 39.9 Å². The second kappa shape index (κ2) is 7.44. The van der Waals surface area contributed by atoms with E-state index in [0.29, 0.717) is 17.7 Å². The Kier molecular flexibility index (Phi) is 6.23. The number of aliphatic hydroxyl groups excluding tert-OH is 1. The molecule has 0 heterocycles. The largest absolute Gasteiger partial charge is 0.399 e. The summed E-state index contributed by atoms with van der Waals surface area (Å²) < 4.78 is 31.4. The van der Waals surface area contributed by atoms with Gasteiger partial charge in [0, 0.05) is 25.4 Å². The van der Waals surface area contributed by atoms with Gasteiger partial charge in [0.25, 0.3) is 0 Å². The number of rotatable bonds is 8. The molecule has 0 spiro atoms. The molecule has 1 aromatic carbocycles. The van der Waals surface area contributed by atoms with Gasteiger partial charge in [-0.1, -0.05) is 12.1 Å². The molecule has 108 valence electrons. The zero-order valence-electron chi connectivity index (χ0n) is 10.9. The van der Waals surface area contributed by atoms with E-state index in [1.54, 1.807) is 24.3 Å². The number of benzene rings is 1. The summed E-state index contributed by atoms with van der Waals surface area (Å²) >= 11 is 0. The van der Waals surface area contributed by atoms with Crippen molar-refractivity contribution in [3.8, 4) is 0 Å². The number of nitrogens with two attached hydrogens (primary N) is 1. The normalized spacial score (nSPS) is 13.4. The van der Waals surface area contributed by atoms with E-state index in [0.717, 1.165) is 0 Å². The Balaban J connectivity index is 2.69. The summed E-state index contributed by atoms with van der Waals surface area (Å²) in [7, 11) is -2.01. The van der Waals surface area contributed by atoms with Gasteiger partial charge in [-0.2, -0.15) is 0 Å². The van der Waals surface area contributed by atoms with Crippen LogP contribution in [0.4, 0.5) is 5.69 Å². The molecule has 0 aliphatic heterocycles. The van der Waals surface area contributed by atoms with Crippen molar-refractivity contribution in [2.45, 2.75) is 18.2 Å². The minimum Gasteiger partial charge on any atom is -0.399 e. The summed E-state index contributed by atoms with van der Waals surface area (Å²) in [6.07, 6.45) is 0.310. The Hall–Kier alpha value is -1.15. The van der Waals surface area contributed by atoms with E-state index < -0.39 is 16.1 Å². The van der Waals surface area contributed by atoms with Crippen LogP contribution in [0.1, 0.15) is 12.0 Å². The number of nitrogens with one attached hydrogen (secondary N) is 1. The van der Waals surface area contributed by atoms with Gasteiger partial charge < -0.3 is 15.6 Å². The van der Waals surface area contributed by atoms with Crippen molar-refractivity contribution in [3.05, 3.63) is 29.8 Å². The quantitative estimate of drug-likeness (QED) is 0.588. The zero-order chi connectivity index (χ0) is 14.3. The van der Waals surface area contributed by atoms with Gasteiger partial charge in [0.05, 0.1) is 12.4 Å². The smallest absolute Gasteiger partial charge is 0.216 e. The first-order valence-electron chi connectivity index (χ1n) is 5.91. The van der Waals surface area contributed by atoms with Crippen molar-refractivity contribution in [3.63, 3.8) is 0 Å². The minimum absolute atomic E-state index is 0.102. The summed E-state index contributed by atoms with van der Waals surface area (Å²) in [6, 6.07) is 6.30. The zero-order valence-corrected chi connectivity index (χ0v) is 11.7. The fourth-order valence-corrected chi connectivity index (χ4v) is 3.13. The van der Waals surface area contributed by atoms with Crippen molar-refractivity contribution >= 4 is 15.7 Å². The van der Waals surface area contributed by atoms with Crippen molar-refractivity contribution < 1.29 is 18.3 Å². The second-order valence-corrected chi connectivity index (χ2v) is 6.04. The number of hydrogen-bond donors (Lipinski definition) is 3. The maximum Gasteiger partial charge on any atom is 0.216 e. The van der Waals surface area contributed by atoms with Gasteiger partial charge >= 0.3 is 0 Å². The van der Waals surface area contributed by atoms with Crippen molar-refractivity contribution in [1.82, 2.24) is 4.72 Å². The summed E-state index contributed by atoms with van der Waals surface area (Å²) in [5.41, 5.74) is 6.75. The molecule has 1 unspecified atom stereocenters. The molecule has 0 radical (unpaired) electrons. The van der Waals surface area contributed by atoms with E-state index in [1.165, 1.54) is 7.11 Å². The highest BCUT2D eigenvalue weighted by Crippen LogP contribution is 2.10. The average molecular weight is 288 g/mol. The molecule has 0 fully saturated rings. The van der Waals surface area contributed by atoms with Crippen LogP contribution in [-0.2, 0) is 20.5 Å². The molecular weight excluding hydrogens is 268 g/mol. The third kappa shape index (κ3) is 6.02. The lowest BCUT2D eigenvalue weighted by Gasteiger charge is -2.17. The average Bonchev–Trinajstić information content (AvgIpc) is 2.28. The van der Waals surface area contributed by atoms with Crippen LogP contribution in [0.25, 0.3) is 0 Å². The highest BCUT2D eigenvalue weighted by molar-refractivity contribution is 7.88. The van der Waals surface area contributed by atoms with E-state index in [-0.39, 0.29) is 19.0 Å². The molecule has 6 nitrogen and oxygen atoms in total. The van der Waals surface area contributed by atoms with Crippen LogP contribution in [0.2, 0.25) is 0 Å². The molecule has 7 heteroatoms. The number of anilines is 1. The van der Waals surface area contributed by atoms with E-state index in [2.05, 4.69) is 4.72 Å². The van der Waals surface area contributed by atoms with Gasteiger partial charge in [-0.05, 0) is 24.1 Å². The predicted octanol–water partition coefficient (Wildman–Crippen LogP) is 0.0856. The van der Waals surface area contributed by atoms with Gasteiger partial charge in [-0.3, -0.25) is 0 Å². The summed E-state index contributed by atoms with van der Waals surface area (Å²) in [5, 5.41) is 8.88. The lowest BCUT2D eigenvalue weighted by molar-refractivity contribution is 0.158. The third-order valence-corrected chi connectivity index (χ3v) is 3.91. The molecule has 4 N–H and O–H groups in total. The van der Waals surface area contributed by atoms with Gasteiger partial charge in [-0.25, -0.2) is 13.1 Å². The Labute approximate surface area is 113 Å². The van der Waals surface area contributed by atoms with E-state index in [9.17, 15) is 8.42 Å². The fourth-order valence-electron chi connectivity index (χ4n) is 1.73. The van der Waals surface area contributed by atoms with E-state index >= 15 is 0 Å². The Morgan fingerprint density at radius 3 is 2.79 bits per heavy atom. The number of ether oxygens (including phenoxy) is 1. The number of methoxy groups -OCH3 is 1. The van der Waals surface area contributed by atoms with Crippen LogP contribution >= 0.6 is 0 Å². The number of sulfonamides is 1. The monoisotopic (exact) mass is 288 g/mol. The topological polar surface area (TPSA) is 102 Å². The summed E-state index contributed by atoms with van der Waals surface area (Å²) in [5.74, 6) is -0.149. The molecule has 0 aromatic heterocycles. The Bertz CT molecular complexity index is 484. The standard InChI is InChI=1S/C12H20N2O4S/c1-18-8-12(5-6-15)14-19(16,17)9-10-3-2-4-11(13)7-10/h2-4,7,12,14-15H,5-6,8-9,13H2,1H3. The SMILES string of the molecule is COCC(CCO)NS(=O)(=O)Cc1cccc(N)c1. The second-order valence-electron chi connectivity index (χ2n) is 4.29. The lowest BCUT2D eigenvalue weighted by atomic mass is 10.2. The van der Waals surface area contributed by atoms with Gasteiger partial charge in [0.1, 0.15) is 0 Å². The fraction of sp³-hybridized carbons (Fsp3) is 0.500. The maximum atomic E-state index is 12.0. The van der Waals surface area contributed by atoms with Crippen LogP contribution < -0.4 is 10.5 Å². The highest BCUT2D eigenvalue weighted by atomic mass is 32.2. The first kappa shape index (κ1) is 15.9. The summed E-state index contributed by atoms with van der Waals surface area (Å²) in [6.45, 7) is 0.117. The van der Waals surface area contributed by atoms with Gasteiger partial charge in [0.2, 0.25) is 10.0 Å². The molecule has 0 bridgehead atoms. The molecule has 0 saturated carbocycles. The molecule has 0 aliphatic rings. The molecule has 1 rings (SSSR count). The van der Waals surface area contributed by atoms with Crippen LogP contribution in [0.15, 0.2) is 24.3 Å². The third-order valence-electron chi connectivity index (χ3n) is 2.50. The molecule has 1 aromatic rings. The van der Waals surface area contributed by atoms with Crippen molar-refractivity contribution in [2.24, 2.45) is 0 Å². The van der Waals surface area contributed by atoms with E-state index in [4.69, 9.17) is 15.6 Å². The van der Waals surface area contributed by atoms with Crippen molar-refractivity contribution in [1.29, 1.82) is 0 Å². The van der Waals surface area contributed by atoms with Gasteiger partial charge in [0.15, 0.2) is 0 Å². The predicted molar refractivity (Wildman–Crippen MR) is 74.0 cm³/mol. The lowest BCUT2D eigenvalue weighted by Crippen LogP contribution is -2.39. The van der Waals surface area contributed by atoms with Crippen LogP contribution in [0.3, 0.4) is 0 Å². The molecular formula is C12H20N2O4S. The van der Waals surface area contributed by atoms with Crippen molar-refractivity contribution in [2.75, 3.05) is 26.1 Å². The Morgan fingerprint density at radius 1 is 1.47 bits per heavy atom. The number of nitrogen functional groups attached to an aromatic ring is 1. The van der Waals surface area contributed by atoms with E-state index in [1.807, 2.05) is 0 Å².